The monoisotopic (exact) mass is 230 g/mol. The minimum atomic E-state index is 0.952. The molecule has 0 aromatic heterocycles. The largest absolute Gasteiger partial charge is 0.372 e. The number of rotatable bonds is 6. The Balaban J connectivity index is 1.82. The third kappa shape index (κ3) is 3.60. The first-order chi connectivity index (χ1) is 8.40. The summed E-state index contributed by atoms with van der Waals surface area (Å²) < 4.78 is 0. The smallest absolute Gasteiger partial charge is 0.0366 e. The Bertz CT molecular complexity index is 336. The number of hydrogen-bond acceptors (Lipinski definition) is 2. The molecule has 1 heterocycles. The van der Waals surface area contributed by atoms with Crippen LogP contribution in [-0.4, -0.2) is 19.6 Å². The summed E-state index contributed by atoms with van der Waals surface area (Å²) >= 11 is 0. The van der Waals surface area contributed by atoms with Gasteiger partial charge < -0.3 is 10.2 Å². The van der Waals surface area contributed by atoms with Crippen LogP contribution in [0.4, 0.5) is 5.69 Å². The lowest BCUT2D eigenvalue weighted by Gasteiger charge is -2.17. The molecule has 0 bridgehead atoms. The van der Waals surface area contributed by atoms with E-state index in [0.29, 0.717) is 0 Å². The van der Waals surface area contributed by atoms with Crippen LogP contribution < -0.4 is 10.2 Å². The van der Waals surface area contributed by atoms with Gasteiger partial charge in [-0.05, 0) is 43.5 Å². The minimum Gasteiger partial charge on any atom is -0.372 e. The van der Waals surface area contributed by atoms with Crippen LogP contribution in [0.5, 0.6) is 0 Å². The van der Waals surface area contributed by atoms with Gasteiger partial charge in [0.2, 0.25) is 0 Å². The van der Waals surface area contributed by atoms with Crippen molar-refractivity contribution >= 4 is 5.69 Å². The van der Waals surface area contributed by atoms with Crippen molar-refractivity contribution in [2.45, 2.75) is 25.8 Å². The van der Waals surface area contributed by atoms with Gasteiger partial charge in [-0.25, -0.2) is 0 Å². The molecule has 1 N–H and O–H groups in total. The quantitative estimate of drug-likeness (QED) is 0.597. The van der Waals surface area contributed by atoms with E-state index in [-0.39, 0.29) is 0 Å². The summed E-state index contributed by atoms with van der Waals surface area (Å²) in [6, 6.07) is 8.95. The van der Waals surface area contributed by atoms with E-state index in [9.17, 15) is 0 Å². The molecule has 2 nitrogen and oxygen atoms in total. The van der Waals surface area contributed by atoms with Crippen LogP contribution in [0, 0.1) is 0 Å². The summed E-state index contributed by atoms with van der Waals surface area (Å²) in [5, 5.41) is 3.41. The predicted octanol–water partition coefficient (Wildman–Crippen LogP) is 2.95. The molecular weight excluding hydrogens is 208 g/mol. The molecule has 1 aliphatic rings. The summed E-state index contributed by atoms with van der Waals surface area (Å²) in [6.45, 7) is 8.12. The van der Waals surface area contributed by atoms with E-state index < -0.39 is 0 Å². The summed E-state index contributed by atoms with van der Waals surface area (Å²) in [4.78, 5) is 2.47. The molecule has 2 heteroatoms. The van der Waals surface area contributed by atoms with Crippen LogP contribution in [-0.2, 0) is 6.54 Å². The number of benzene rings is 1. The van der Waals surface area contributed by atoms with E-state index in [1.54, 1.807) is 0 Å². The zero-order valence-corrected chi connectivity index (χ0v) is 10.5. The van der Waals surface area contributed by atoms with Crippen molar-refractivity contribution in [2.75, 3.05) is 24.5 Å². The first kappa shape index (κ1) is 12.2. The zero-order valence-electron chi connectivity index (χ0n) is 10.5. The lowest BCUT2D eigenvalue weighted by Crippen LogP contribution is -2.18. The number of hydrogen-bond donors (Lipinski definition) is 1. The Kier molecular flexibility index (Phi) is 4.63. The average molecular weight is 230 g/mol. The SMILES string of the molecule is C=CCCNCc1ccc(N2CCCC2)cc1. The Labute approximate surface area is 104 Å². The Morgan fingerprint density at radius 3 is 2.53 bits per heavy atom. The molecule has 0 saturated carbocycles. The lowest BCUT2D eigenvalue weighted by molar-refractivity contribution is 0.696. The molecule has 1 saturated heterocycles. The van der Waals surface area contributed by atoms with Crippen molar-refractivity contribution in [3.8, 4) is 0 Å². The maximum absolute atomic E-state index is 3.72. The van der Waals surface area contributed by atoms with Gasteiger partial charge in [-0.15, -0.1) is 6.58 Å². The fourth-order valence-corrected chi connectivity index (χ4v) is 2.24. The molecule has 17 heavy (non-hydrogen) atoms. The van der Waals surface area contributed by atoms with E-state index in [1.807, 2.05) is 6.08 Å². The predicted molar refractivity (Wildman–Crippen MR) is 74.4 cm³/mol. The van der Waals surface area contributed by atoms with Gasteiger partial charge in [0.05, 0.1) is 0 Å². The standard InChI is InChI=1S/C15H22N2/c1-2-3-10-16-13-14-6-8-15(9-7-14)17-11-4-5-12-17/h2,6-9,16H,1,3-5,10-13H2. The highest BCUT2D eigenvalue weighted by atomic mass is 15.1. The third-order valence-electron chi connectivity index (χ3n) is 3.26. The van der Waals surface area contributed by atoms with Crippen molar-refractivity contribution in [2.24, 2.45) is 0 Å². The van der Waals surface area contributed by atoms with Crippen molar-refractivity contribution in [3.05, 3.63) is 42.5 Å². The molecule has 0 amide bonds. The number of nitrogens with one attached hydrogen (secondary N) is 1. The van der Waals surface area contributed by atoms with Gasteiger partial charge in [0.1, 0.15) is 0 Å². The van der Waals surface area contributed by atoms with Crippen LogP contribution >= 0.6 is 0 Å². The normalized spacial score (nSPS) is 15.2. The highest BCUT2D eigenvalue weighted by molar-refractivity contribution is 5.48. The van der Waals surface area contributed by atoms with Gasteiger partial charge >= 0.3 is 0 Å². The van der Waals surface area contributed by atoms with E-state index in [4.69, 9.17) is 0 Å². The molecule has 1 aromatic rings. The zero-order chi connectivity index (χ0) is 11.9. The Hall–Kier alpha value is -1.28. The van der Waals surface area contributed by atoms with Gasteiger partial charge in [0.15, 0.2) is 0 Å². The first-order valence-corrected chi connectivity index (χ1v) is 6.55. The molecule has 2 rings (SSSR count). The average Bonchev–Trinajstić information content (AvgIpc) is 2.89. The van der Waals surface area contributed by atoms with Crippen LogP contribution in [0.1, 0.15) is 24.8 Å². The molecule has 0 aliphatic carbocycles. The molecular formula is C15H22N2. The minimum absolute atomic E-state index is 0.952. The maximum atomic E-state index is 3.72. The van der Waals surface area contributed by atoms with Crippen LogP contribution in [0.2, 0.25) is 0 Å². The van der Waals surface area contributed by atoms with Gasteiger partial charge in [0.25, 0.3) is 0 Å². The number of anilines is 1. The third-order valence-corrected chi connectivity index (χ3v) is 3.26. The molecule has 1 aromatic carbocycles. The van der Waals surface area contributed by atoms with Gasteiger partial charge in [-0.2, -0.15) is 0 Å². The Morgan fingerprint density at radius 1 is 1.18 bits per heavy atom. The van der Waals surface area contributed by atoms with E-state index in [0.717, 1.165) is 19.5 Å². The molecule has 92 valence electrons. The van der Waals surface area contributed by atoms with Gasteiger partial charge in [-0.3, -0.25) is 0 Å². The number of nitrogens with zero attached hydrogens (tertiary/aromatic N) is 1. The molecule has 0 spiro atoms. The highest BCUT2D eigenvalue weighted by Gasteiger charge is 2.11. The Morgan fingerprint density at radius 2 is 1.88 bits per heavy atom. The van der Waals surface area contributed by atoms with Crippen LogP contribution in [0.25, 0.3) is 0 Å². The second-order valence-electron chi connectivity index (χ2n) is 4.61. The van der Waals surface area contributed by atoms with Crippen LogP contribution in [0.15, 0.2) is 36.9 Å². The fraction of sp³-hybridized carbons (Fsp3) is 0.467. The summed E-state index contributed by atoms with van der Waals surface area (Å²) in [7, 11) is 0. The molecule has 0 atom stereocenters. The van der Waals surface area contributed by atoms with Crippen LogP contribution in [0.3, 0.4) is 0 Å². The topological polar surface area (TPSA) is 15.3 Å². The van der Waals surface area contributed by atoms with Gasteiger partial charge in [-0.1, -0.05) is 18.2 Å². The van der Waals surface area contributed by atoms with Crippen molar-refractivity contribution in [1.29, 1.82) is 0 Å². The summed E-state index contributed by atoms with van der Waals surface area (Å²) in [6.07, 6.45) is 5.66. The van der Waals surface area contributed by atoms with E-state index in [1.165, 1.54) is 37.2 Å². The lowest BCUT2D eigenvalue weighted by atomic mass is 10.2. The molecule has 1 aliphatic heterocycles. The maximum Gasteiger partial charge on any atom is 0.0366 e. The summed E-state index contributed by atoms with van der Waals surface area (Å²) in [5.41, 5.74) is 2.73. The second-order valence-corrected chi connectivity index (χ2v) is 4.61. The van der Waals surface area contributed by atoms with E-state index in [2.05, 4.69) is 41.1 Å². The van der Waals surface area contributed by atoms with E-state index >= 15 is 0 Å². The van der Waals surface area contributed by atoms with Gasteiger partial charge in [0, 0.05) is 25.3 Å². The van der Waals surface area contributed by atoms with Crippen molar-refractivity contribution < 1.29 is 0 Å². The van der Waals surface area contributed by atoms with Crippen molar-refractivity contribution in [3.63, 3.8) is 0 Å². The molecule has 0 radical (unpaired) electrons. The second kappa shape index (κ2) is 6.45. The molecule has 0 unspecified atom stereocenters. The fourth-order valence-electron chi connectivity index (χ4n) is 2.24. The summed E-state index contributed by atoms with van der Waals surface area (Å²) in [5.74, 6) is 0. The highest BCUT2D eigenvalue weighted by Crippen LogP contribution is 2.20. The molecule has 1 fully saturated rings. The first-order valence-electron chi connectivity index (χ1n) is 6.55. The van der Waals surface area contributed by atoms with Crippen molar-refractivity contribution in [1.82, 2.24) is 5.32 Å².